The smallest absolute Gasteiger partial charge is 0.226 e. The van der Waals surface area contributed by atoms with Crippen LogP contribution >= 0.6 is 11.5 Å². The second-order valence-electron chi connectivity index (χ2n) is 6.73. The Bertz CT molecular complexity index is 945. The molecule has 152 valence electrons. The molecule has 0 amide bonds. The number of nitrogens with one attached hydrogen (secondary N) is 1. The summed E-state index contributed by atoms with van der Waals surface area (Å²) in [5.41, 5.74) is 1.83. The lowest BCUT2D eigenvalue weighted by Crippen LogP contribution is -2.52. The summed E-state index contributed by atoms with van der Waals surface area (Å²) in [6, 6.07) is 9.91. The number of hydrogen-bond acceptors (Lipinski definition) is 7. The average Bonchev–Trinajstić information content (AvgIpc) is 3.45. The second kappa shape index (κ2) is 9.04. The molecule has 0 radical (unpaired) electrons. The van der Waals surface area contributed by atoms with Crippen LogP contribution in [0.2, 0.25) is 0 Å². The van der Waals surface area contributed by atoms with E-state index in [1.807, 2.05) is 37.4 Å². The van der Waals surface area contributed by atoms with Crippen molar-refractivity contribution in [2.45, 2.75) is 19.9 Å². The first-order valence-corrected chi connectivity index (χ1v) is 10.6. The zero-order chi connectivity index (χ0) is 20.1. The quantitative estimate of drug-likeness (QED) is 0.510. The van der Waals surface area contributed by atoms with Crippen LogP contribution in [-0.4, -0.2) is 58.4 Å². The van der Waals surface area contributed by atoms with Gasteiger partial charge < -0.3 is 19.5 Å². The zero-order valence-electron chi connectivity index (χ0n) is 16.7. The number of anilines is 1. The minimum absolute atomic E-state index is 0.569. The highest BCUT2D eigenvalue weighted by Gasteiger charge is 2.22. The van der Waals surface area contributed by atoms with Crippen molar-refractivity contribution in [2.75, 3.05) is 38.1 Å². The molecule has 3 aromatic rings. The number of aliphatic imine (C=N–C) groups is 1. The normalized spacial score (nSPS) is 15.0. The third-order valence-corrected chi connectivity index (χ3v) is 5.65. The first kappa shape index (κ1) is 19.4. The molecule has 0 atom stereocenters. The van der Waals surface area contributed by atoms with Crippen molar-refractivity contribution in [3.05, 3.63) is 48.1 Å². The molecule has 1 aliphatic rings. The van der Waals surface area contributed by atoms with Gasteiger partial charge in [0.15, 0.2) is 5.96 Å². The van der Waals surface area contributed by atoms with E-state index in [0.717, 1.165) is 60.8 Å². The van der Waals surface area contributed by atoms with E-state index in [9.17, 15) is 0 Å². The van der Waals surface area contributed by atoms with Crippen LogP contribution in [0.25, 0.3) is 11.5 Å². The summed E-state index contributed by atoms with van der Waals surface area (Å²) >= 11 is 1.49. The molecule has 0 spiro atoms. The Labute approximate surface area is 174 Å². The maximum atomic E-state index is 5.61. The molecule has 4 rings (SSSR count). The summed E-state index contributed by atoms with van der Waals surface area (Å²) in [6.07, 6.45) is 2.57. The molecular formula is C20H25N7OS. The fraction of sp³-hybridized carbons (Fsp3) is 0.400. The van der Waals surface area contributed by atoms with Crippen molar-refractivity contribution in [3.8, 4) is 11.5 Å². The molecule has 0 aliphatic carbocycles. The summed E-state index contributed by atoms with van der Waals surface area (Å²) in [4.78, 5) is 18.2. The van der Waals surface area contributed by atoms with Crippen LogP contribution in [0, 0.1) is 0 Å². The van der Waals surface area contributed by atoms with Crippen LogP contribution in [0.3, 0.4) is 0 Å². The van der Waals surface area contributed by atoms with Gasteiger partial charge >= 0.3 is 0 Å². The maximum Gasteiger partial charge on any atom is 0.226 e. The van der Waals surface area contributed by atoms with Gasteiger partial charge in [0.25, 0.3) is 0 Å². The zero-order valence-corrected chi connectivity index (χ0v) is 17.5. The lowest BCUT2D eigenvalue weighted by molar-refractivity contribution is 0.372. The van der Waals surface area contributed by atoms with Gasteiger partial charge in [0.05, 0.1) is 12.2 Å². The number of rotatable bonds is 5. The number of aryl methyl sites for hydroxylation is 1. The van der Waals surface area contributed by atoms with Crippen LogP contribution in [-0.2, 0) is 13.0 Å². The molecule has 1 N–H and O–H groups in total. The number of nitrogens with zero attached hydrogens (tertiary/aromatic N) is 6. The van der Waals surface area contributed by atoms with Gasteiger partial charge in [-0.15, -0.1) is 0 Å². The molecule has 8 nitrogen and oxygen atoms in total. The van der Waals surface area contributed by atoms with E-state index in [1.54, 1.807) is 6.26 Å². The Morgan fingerprint density at radius 3 is 2.66 bits per heavy atom. The Hall–Kier alpha value is -2.94. The summed E-state index contributed by atoms with van der Waals surface area (Å²) in [5, 5.41) is 4.41. The predicted molar refractivity (Wildman–Crippen MR) is 115 cm³/mol. The van der Waals surface area contributed by atoms with Crippen LogP contribution in [0.15, 0.2) is 46.0 Å². The summed E-state index contributed by atoms with van der Waals surface area (Å²) in [5.74, 6) is 2.43. The van der Waals surface area contributed by atoms with E-state index in [1.165, 1.54) is 11.5 Å². The third kappa shape index (κ3) is 4.56. The molecular weight excluding hydrogens is 386 g/mol. The van der Waals surface area contributed by atoms with Crippen molar-refractivity contribution < 1.29 is 4.42 Å². The molecule has 1 saturated heterocycles. The summed E-state index contributed by atoms with van der Waals surface area (Å²) in [6.45, 7) is 6.22. The largest absolute Gasteiger partial charge is 0.444 e. The fourth-order valence-electron chi connectivity index (χ4n) is 3.23. The molecule has 29 heavy (non-hydrogen) atoms. The van der Waals surface area contributed by atoms with E-state index in [0.29, 0.717) is 12.4 Å². The van der Waals surface area contributed by atoms with Crippen LogP contribution in [0.4, 0.5) is 5.13 Å². The molecule has 0 saturated carbocycles. The Kier molecular flexibility index (Phi) is 6.04. The average molecular weight is 412 g/mol. The molecule has 0 unspecified atom stereocenters. The van der Waals surface area contributed by atoms with E-state index in [-0.39, 0.29) is 0 Å². The van der Waals surface area contributed by atoms with Gasteiger partial charge in [-0.05, 0) is 12.1 Å². The highest BCUT2D eigenvalue weighted by atomic mass is 32.1. The van der Waals surface area contributed by atoms with Gasteiger partial charge in [-0.1, -0.05) is 25.1 Å². The first-order valence-electron chi connectivity index (χ1n) is 9.79. The van der Waals surface area contributed by atoms with Crippen LogP contribution < -0.4 is 10.2 Å². The lowest BCUT2D eigenvalue weighted by atomic mass is 10.2. The highest BCUT2D eigenvalue weighted by Crippen LogP contribution is 2.20. The molecule has 1 fully saturated rings. The Balaban J connectivity index is 1.31. The Morgan fingerprint density at radius 1 is 1.17 bits per heavy atom. The second-order valence-corrected chi connectivity index (χ2v) is 7.46. The molecule has 0 bridgehead atoms. The van der Waals surface area contributed by atoms with Crippen molar-refractivity contribution in [1.29, 1.82) is 0 Å². The minimum atomic E-state index is 0.569. The van der Waals surface area contributed by atoms with Crippen molar-refractivity contribution in [2.24, 2.45) is 4.99 Å². The van der Waals surface area contributed by atoms with Gasteiger partial charge in [0, 0.05) is 56.7 Å². The number of piperazine rings is 1. The van der Waals surface area contributed by atoms with E-state index in [2.05, 4.69) is 41.4 Å². The first-order chi connectivity index (χ1) is 14.3. The van der Waals surface area contributed by atoms with Crippen molar-refractivity contribution in [3.63, 3.8) is 0 Å². The fourth-order valence-corrected chi connectivity index (χ4v) is 4.03. The summed E-state index contributed by atoms with van der Waals surface area (Å²) < 4.78 is 10.0. The number of guanidine groups is 1. The Morgan fingerprint density at radius 2 is 1.97 bits per heavy atom. The molecule has 2 aromatic heterocycles. The van der Waals surface area contributed by atoms with Crippen LogP contribution in [0.1, 0.15) is 18.4 Å². The maximum absolute atomic E-state index is 5.61. The van der Waals surface area contributed by atoms with E-state index >= 15 is 0 Å². The van der Waals surface area contributed by atoms with Gasteiger partial charge in [-0.25, -0.2) is 9.97 Å². The SMILES string of the molecule is CCc1nsc(N2CCN(C(=NC)NCc3coc(-c4ccccc4)n3)CC2)n1. The van der Waals surface area contributed by atoms with Gasteiger partial charge in [-0.3, -0.25) is 4.99 Å². The third-order valence-electron chi connectivity index (χ3n) is 4.84. The number of aromatic nitrogens is 3. The van der Waals surface area contributed by atoms with E-state index in [4.69, 9.17) is 4.42 Å². The molecule has 9 heteroatoms. The van der Waals surface area contributed by atoms with Gasteiger partial charge in [0.1, 0.15) is 12.1 Å². The predicted octanol–water partition coefficient (Wildman–Crippen LogP) is 2.65. The van der Waals surface area contributed by atoms with Crippen molar-refractivity contribution >= 4 is 22.6 Å². The lowest BCUT2D eigenvalue weighted by Gasteiger charge is -2.36. The number of oxazole rings is 1. The minimum Gasteiger partial charge on any atom is -0.444 e. The highest BCUT2D eigenvalue weighted by molar-refractivity contribution is 7.09. The standard InChI is InChI=1S/C20H25N7OS/c1-3-17-24-20(29-25-17)27-11-9-26(10-12-27)19(21-2)22-13-16-14-28-18(23-16)15-7-5-4-6-8-15/h4-8,14H,3,9-13H2,1-2H3,(H,21,22). The monoisotopic (exact) mass is 411 g/mol. The molecule has 3 heterocycles. The molecule has 1 aliphatic heterocycles. The summed E-state index contributed by atoms with van der Waals surface area (Å²) in [7, 11) is 1.81. The van der Waals surface area contributed by atoms with Gasteiger partial charge in [-0.2, -0.15) is 4.37 Å². The van der Waals surface area contributed by atoms with Crippen LogP contribution in [0.5, 0.6) is 0 Å². The number of benzene rings is 1. The van der Waals surface area contributed by atoms with Crippen molar-refractivity contribution in [1.82, 2.24) is 24.6 Å². The van der Waals surface area contributed by atoms with E-state index < -0.39 is 0 Å². The number of hydrogen-bond donors (Lipinski definition) is 1. The van der Waals surface area contributed by atoms with Gasteiger partial charge in [0.2, 0.25) is 11.0 Å². The topological polar surface area (TPSA) is 82.7 Å². The molecule has 1 aromatic carbocycles.